The number of ether oxygens (including phenoxy) is 1. The number of hydrogen-bond donors (Lipinski definition) is 2. The molecule has 26 heavy (non-hydrogen) atoms. The van der Waals surface area contributed by atoms with E-state index in [4.69, 9.17) is 4.74 Å². The molecule has 1 aromatic rings. The van der Waals surface area contributed by atoms with Crippen LogP contribution >= 0.6 is 0 Å². The standard InChI is InChI=1S/C20H35N5O/c1-17-7-8-18(19(15-17)26-4)16-23-20(21-2)22-9-5-11-25-12-6-10-24(3)13-14-25/h7-8,15H,5-6,9-14,16H2,1-4H3,(H2,21,22,23). The molecule has 1 aliphatic heterocycles. The van der Waals surface area contributed by atoms with E-state index in [9.17, 15) is 0 Å². The topological polar surface area (TPSA) is 52.1 Å². The van der Waals surface area contributed by atoms with E-state index in [0.717, 1.165) is 36.8 Å². The summed E-state index contributed by atoms with van der Waals surface area (Å²) in [6.45, 7) is 9.62. The number of benzene rings is 1. The summed E-state index contributed by atoms with van der Waals surface area (Å²) in [4.78, 5) is 9.31. The fraction of sp³-hybridized carbons (Fsp3) is 0.650. The van der Waals surface area contributed by atoms with E-state index in [2.05, 4.69) is 57.6 Å². The first-order chi connectivity index (χ1) is 12.6. The SMILES string of the molecule is CN=C(NCCCN1CCCN(C)CC1)NCc1ccc(C)cc1OC. The molecular weight excluding hydrogens is 326 g/mol. The van der Waals surface area contributed by atoms with Gasteiger partial charge in [-0.1, -0.05) is 12.1 Å². The van der Waals surface area contributed by atoms with Gasteiger partial charge in [-0.3, -0.25) is 4.99 Å². The summed E-state index contributed by atoms with van der Waals surface area (Å²) in [5, 5.41) is 6.79. The number of hydrogen-bond acceptors (Lipinski definition) is 4. The number of methoxy groups -OCH3 is 1. The van der Waals surface area contributed by atoms with Crippen molar-refractivity contribution >= 4 is 5.96 Å². The van der Waals surface area contributed by atoms with Crippen molar-refractivity contribution in [2.45, 2.75) is 26.3 Å². The molecule has 6 heteroatoms. The van der Waals surface area contributed by atoms with E-state index in [1.807, 2.05) is 7.05 Å². The van der Waals surface area contributed by atoms with Crippen LogP contribution in [0.3, 0.4) is 0 Å². The van der Waals surface area contributed by atoms with Gasteiger partial charge in [-0.15, -0.1) is 0 Å². The van der Waals surface area contributed by atoms with Gasteiger partial charge in [0.2, 0.25) is 0 Å². The lowest BCUT2D eigenvalue weighted by atomic mass is 10.1. The number of aryl methyl sites for hydroxylation is 1. The summed E-state index contributed by atoms with van der Waals surface area (Å²) >= 11 is 0. The first-order valence-electron chi connectivity index (χ1n) is 9.61. The van der Waals surface area contributed by atoms with E-state index in [1.165, 1.54) is 38.2 Å². The second-order valence-corrected chi connectivity index (χ2v) is 7.02. The molecule has 0 atom stereocenters. The average molecular weight is 362 g/mol. The lowest BCUT2D eigenvalue weighted by molar-refractivity contribution is 0.274. The van der Waals surface area contributed by atoms with Crippen LogP contribution in [-0.4, -0.2) is 76.2 Å². The fourth-order valence-electron chi connectivity index (χ4n) is 3.23. The molecule has 1 aromatic carbocycles. The first-order valence-corrected chi connectivity index (χ1v) is 9.61. The highest BCUT2D eigenvalue weighted by Gasteiger charge is 2.11. The third kappa shape index (κ3) is 6.84. The summed E-state index contributed by atoms with van der Waals surface area (Å²) in [7, 11) is 5.74. The Bertz CT molecular complexity index is 575. The van der Waals surface area contributed by atoms with Gasteiger partial charge in [0.25, 0.3) is 0 Å². The Hall–Kier alpha value is -1.79. The fourth-order valence-corrected chi connectivity index (χ4v) is 3.23. The predicted octanol–water partition coefficient (Wildman–Crippen LogP) is 1.70. The van der Waals surface area contributed by atoms with E-state index in [0.29, 0.717) is 6.54 Å². The van der Waals surface area contributed by atoms with Gasteiger partial charge in [0.05, 0.1) is 7.11 Å². The van der Waals surface area contributed by atoms with Gasteiger partial charge < -0.3 is 25.2 Å². The monoisotopic (exact) mass is 361 g/mol. The Morgan fingerprint density at radius 1 is 1.19 bits per heavy atom. The Morgan fingerprint density at radius 3 is 2.81 bits per heavy atom. The van der Waals surface area contributed by atoms with Crippen LogP contribution in [0.15, 0.2) is 23.2 Å². The van der Waals surface area contributed by atoms with Crippen molar-refractivity contribution in [3.05, 3.63) is 29.3 Å². The highest BCUT2D eigenvalue weighted by Crippen LogP contribution is 2.19. The summed E-state index contributed by atoms with van der Waals surface area (Å²) < 4.78 is 5.47. The number of rotatable bonds is 7. The van der Waals surface area contributed by atoms with Crippen LogP contribution in [0.5, 0.6) is 5.75 Å². The second-order valence-electron chi connectivity index (χ2n) is 7.02. The minimum atomic E-state index is 0.696. The van der Waals surface area contributed by atoms with Crippen molar-refractivity contribution in [1.82, 2.24) is 20.4 Å². The quantitative estimate of drug-likeness (QED) is 0.440. The predicted molar refractivity (Wildman–Crippen MR) is 109 cm³/mol. The van der Waals surface area contributed by atoms with Crippen molar-refractivity contribution in [2.75, 3.05) is 60.5 Å². The minimum absolute atomic E-state index is 0.696. The molecule has 0 bridgehead atoms. The van der Waals surface area contributed by atoms with Crippen molar-refractivity contribution in [2.24, 2.45) is 4.99 Å². The molecule has 0 unspecified atom stereocenters. The maximum atomic E-state index is 5.47. The molecule has 1 heterocycles. The molecule has 1 fully saturated rings. The highest BCUT2D eigenvalue weighted by atomic mass is 16.5. The van der Waals surface area contributed by atoms with Crippen LogP contribution in [0, 0.1) is 6.92 Å². The zero-order valence-electron chi connectivity index (χ0n) is 16.8. The van der Waals surface area contributed by atoms with Crippen molar-refractivity contribution < 1.29 is 4.74 Å². The molecular formula is C20H35N5O. The molecule has 1 aliphatic rings. The summed E-state index contributed by atoms with van der Waals surface area (Å²) in [6, 6.07) is 6.27. The molecule has 2 N–H and O–H groups in total. The van der Waals surface area contributed by atoms with E-state index in [-0.39, 0.29) is 0 Å². The second kappa shape index (κ2) is 11.0. The van der Waals surface area contributed by atoms with Gasteiger partial charge in [-0.05, 0) is 58.1 Å². The smallest absolute Gasteiger partial charge is 0.191 e. The van der Waals surface area contributed by atoms with Gasteiger partial charge in [0.1, 0.15) is 5.75 Å². The van der Waals surface area contributed by atoms with Crippen molar-refractivity contribution in [1.29, 1.82) is 0 Å². The third-order valence-electron chi connectivity index (χ3n) is 4.87. The van der Waals surface area contributed by atoms with Crippen LogP contribution in [0.1, 0.15) is 24.0 Å². The Kier molecular flexibility index (Phi) is 8.71. The number of guanidine groups is 1. The molecule has 0 aromatic heterocycles. The molecule has 0 amide bonds. The largest absolute Gasteiger partial charge is 0.496 e. The number of aliphatic imine (C=N–C) groups is 1. The molecule has 0 spiro atoms. The normalized spacial score (nSPS) is 17.0. The summed E-state index contributed by atoms with van der Waals surface area (Å²) in [5.74, 6) is 1.75. The van der Waals surface area contributed by atoms with Gasteiger partial charge in [-0.2, -0.15) is 0 Å². The van der Waals surface area contributed by atoms with Gasteiger partial charge in [0, 0.05) is 38.8 Å². The van der Waals surface area contributed by atoms with Crippen LogP contribution in [-0.2, 0) is 6.54 Å². The van der Waals surface area contributed by atoms with E-state index >= 15 is 0 Å². The molecule has 0 radical (unpaired) electrons. The van der Waals surface area contributed by atoms with Gasteiger partial charge in [-0.25, -0.2) is 0 Å². The maximum Gasteiger partial charge on any atom is 0.191 e. The Labute approximate surface area is 158 Å². The zero-order valence-corrected chi connectivity index (χ0v) is 16.8. The molecule has 146 valence electrons. The molecule has 1 saturated heterocycles. The lowest BCUT2D eigenvalue weighted by Crippen LogP contribution is -2.38. The van der Waals surface area contributed by atoms with Crippen LogP contribution in [0.4, 0.5) is 0 Å². The number of likely N-dealkylation sites (N-methyl/N-ethyl adjacent to an activating group) is 1. The molecule has 0 aliphatic carbocycles. The number of nitrogens with one attached hydrogen (secondary N) is 2. The lowest BCUT2D eigenvalue weighted by Gasteiger charge is -2.20. The highest BCUT2D eigenvalue weighted by molar-refractivity contribution is 5.79. The Balaban J connectivity index is 1.69. The van der Waals surface area contributed by atoms with Crippen LogP contribution < -0.4 is 15.4 Å². The van der Waals surface area contributed by atoms with Crippen LogP contribution in [0.25, 0.3) is 0 Å². The van der Waals surface area contributed by atoms with E-state index < -0.39 is 0 Å². The van der Waals surface area contributed by atoms with Gasteiger partial charge in [0.15, 0.2) is 5.96 Å². The van der Waals surface area contributed by atoms with Crippen molar-refractivity contribution in [3.63, 3.8) is 0 Å². The maximum absolute atomic E-state index is 5.47. The summed E-state index contributed by atoms with van der Waals surface area (Å²) in [5.41, 5.74) is 2.34. The minimum Gasteiger partial charge on any atom is -0.496 e. The van der Waals surface area contributed by atoms with Gasteiger partial charge >= 0.3 is 0 Å². The molecule has 0 saturated carbocycles. The van der Waals surface area contributed by atoms with E-state index in [1.54, 1.807) is 7.11 Å². The zero-order chi connectivity index (χ0) is 18.8. The number of nitrogens with zero attached hydrogens (tertiary/aromatic N) is 3. The van der Waals surface area contributed by atoms with Crippen molar-refractivity contribution in [3.8, 4) is 5.75 Å². The van der Waals surface area contributed by atoms with Crippen LogP contribution in [0.2, 0.25) is 0 Å². The average Bonchev–Trinajstić information content (AvgIpc) is 2.86. The molecule has 6 nitrogen and oxygen atoms in total. The summed E-state index contributed by atoms with van der Waals surface area (Å²) in [6.07, 6.45) is 2.39. The third-order valence-corrected chi connectivity index (χ3v) is 4.87. The molecule has 2 rings (SSSR count). The first kappa shape index (κ1) is 20.5. The Morgan fingerprint density at radius 2 is 2.04 bits per heavy atom.